The molecule has 0 radical (unpaired) electrons. The first-order valence-corrected chi connectivity index (χ1v) is 12.2. The lowest BCUT2D eigenvalue weighted by atomic mass is 9.93. The van der Waals surface area contributed by atoms with E-state index in [1.165, 1.54) is 0 Å². The van der Waals surface area contributed by atoms with Gasteiger partial charge in [0.1, 0.15) is 5.75 Å². The zero-order valence-electron chi connectivity index (χ0n) is 21.3. The first-order chi connectivity index (χ1) is 17.3. The molecule has 2 heterocycles. The normalized spacial score (nSPS) is 15.5. The van der Waals surface area contributed by atoms with Crippen molar-refractivity contribution in [2.45, 2.75) is 53.2 Å². The van der Waals surface area contributed by atoms with Crippen molar-refractivity contribution in [2.75, 3.05) is 6.61 Å². The number of para-hydroxylation sites is 1. The molecule has 1 aromatic heterocycles. The van der Waals surface area contributed by atoms with Crippen molar-refractivity contribution in [3.63, 3.8) is 0 Å². The number of amides is 2. The highest BCUT2D eigenvalue weighted by Gasteiger charge is 2.35. The third-order valence-corrected chi connectivity index (χ3v) is 5.82. The van der Waals surface area contributed by atoms with Crippen molar-refractivity contribution < 1.29 is 19.1 Å². The van der Waals surface area contributed by atoms with Gasteiger partial charge in [0.2, 0.25) is 0 Å². The van der Waals surface area contributed by atoms with E-state index in [9.17, 15) is 9.59 Å². The van der Waals surface area contributed by atoms with Crippen molar-refractivity contribution in [1.29, 1.82) is 0 Å². The van der Waals surface area contributed by atoms with Gasteiger partial charge in [0.05, 0.1) is 35.7 Å². The number of hydrogen-bond donors (Lipinski definition) is 2. The van der Waals surface area contributed by atoms with Crippen LogP contribution in [0.4, 0.5) is 4.79 Å². The summed E-state index contributed by atoms with van der Waals surface area (Å²) in [5.41, 5.74) is 4.81. The van der Waals surface area contributed by atoms with Gasteiger partial charge in [0, 0.05) is 23.0 Å². The predicted octanol–water partition coefficient (Wildman–Crippen LogP) is 5.22. The largest absolute Gasteiger partial charge is 0.493 e. The molecule has 0 saturated carbocycles. The average molecular weight is 489 g/mol. The lowest BCUT2D eigenvalue weighted by Crippen LogP contribution is -2.45. The third kappa shape index (κ3) is 5.27. The lowest BCUT2D eigenvalue weighted by molar-refractivity contribution is -0.143. The van der Waals surface area contributed by atoms with Crippen LogP contribution in [0.5, 0.6) is 5.75 Å². The Kier molecular flexibility index (Phi) is 7.43. The Morgan fingerprint density at radius 2 is 1.89 bits per heavy atom. The monoisotopic (exact) mass is 488 g/mol. The Labute approximate surface area is 211 Å². The second-order valence-corrected chi connectivity index (χ2v) is 9.07. The number of carbonyl (C=O) groups is 2. The Bertz CT molecular complexity index is 1290. The van der Waals surface area contributed by atoms with Gasteiger partial charge in [-0.15, -0.1) is 0 Å². The topological polar surface area (TPSA) is 94.5 Å². The molecule has 8 nitrogen and oxygen atoms in total. The smallest absolute Gasteiger partial charge is 0.338 e. The summed E-state index contributed by atoms with van der Waals surface area (Å²) in [6, 6.07) is 14.5. The maximum absolute atomic E-state index is 13.1. The number of benzene rings is 2. The lowest BCUT2D eigenvalue weighted by Gasteiger charge is -2.28. The number of hydrogen-bond acceptors (Lipinski definition) is 5. The highest BCUT2D eigenvalue weighted by Crippen LogP contribution is 2.36. The van der Waals surface area contributed by atoms with Crippen molar-refractivity contribution in [3.05, 3.63) is 77.1 Å². The van der Waals surface area contributed by atoms with E-state index in [2.05, 4.69) is 17.6 Å². The van der Waals surface area contributed by atoms with Crippen LogP contribution < -0.4 is 15.4 Å². The van der Waals surface area contributed by atoms with E-state index < -0.39 is 18.0 Å². The maximum atomic E-state index is 13.1. The van der Waals surface area contributed by atoms with Gasteiger partial charge in [-0.3, -0.25) is 0 Å². The molecule has 36 heavy (non-hydrogen) atoms. The summed E-state index contributed by atoms with van der Waals surface area (Å²) in [6.45, 7) is 9.98. The molecule has 0 fully saturated rings. The van der Waals surface area contributed by atoms with Gasteiger partial charge in [-0.2, -0.15) is 5.10 Å². The molecule has 2 aromatic carbocycles. The third-order valence-electron chi connectivity index (χ3n) is 5.82. The molecule has 3 aromatic rings. The van der Waals surface area contributed by atoms with Gasteiger partial charge >= 0.3 is 12.0 Å². The molecule has 0 saturated heterocycles. The fourth-order valence-corrected chi connectivity index (χ4v) is 4.18. The van der Waals surface area contributed by atoms with E-state index in [4.69, 9.17) is 14.6 Å². The Morgan fingerprint density at radius 1 is 1.14 bits per heavy atom. The number of aromatic nitrogens is 2. The molecule has 0 spiro atoms. The molecule has 188 valence electrons. The van der Waals surface area contributed by atoms with E-state index in [1.807, 2.05) is 61.7 Å². The molecule has 1 aliphatic heterocycles. The molecule has 0 aliphatic carbocycles. The van der Waals surface area contributed by atoms with Crippen molar-refractivity contribution >= 4 is 12.0 Å². The van der Waals surface area contributed by atoms with Gasteiger partial charge in [-0.1, -0.05) is 25.1 Å². The number of nitrogens with one attached hydrogen (secondary N) is 2. The first-order valence-electron chi connectivity index (χ1n) is 12.2. The summed E-state index contributed by atoms with van der Waals surface area (Å²) < 4.78 is 13.1. The second kappa shape index (κ2) is 10.7. The number of carbonyl (C=O) groups excluding carboxylic acids is 2. The Hall–Kier alpha value is -4.07. The van der Waals surface area contributed by atoms with Crippen LogP contribution in [0.15, 0.2) is 66.0 Å². The summed E-state index contributed by atoms with van der Waals surface area (Å²) in [7, 11) is 0. The van der Waals surface area contributed by atoms with Gasteiger partial charge in [-0.25, -0.2) is 14.3 Å². The quantitative estimate of drug-likeness (QED) is 0.424. The van der Waals surface area contributed by atoms with Crippen LogP contribution in [0.25, 0.3) is 16.9 Å². The number of esters is 1. The maximum Gasteiger partial charge on any atom is 0.338 e. The first kappa shape index (κ1) is 25.0. The van der Waals surface area contributed by atoms with E-state index in [-0.39, 0.29) is 6.10 Å². The van der Waals surface area contributed by atoms with E-state index in [1.54, 1.807) is 25.5 Å². The molecule has 2 N–H and O–H groups in total. The van der Waals surface area contributed by atoms with Gasteiger partial charge in [0.15, 0.2) is 0 Å². The average Bonchev–Trinajstić information content (AvgIpc) is 3.28. The SMILES string of the molecule is CCCOc1ccc(-c2nn(-c3ccccc3)cc2[C@@H]2NC(=O)NC(C)=C2C(=O)OC(C)C)cc1C. The number of nitrogens with zero attached hydrogens (tertiary/aromatic N) is 2. The summed E-state index contributed by atoms with van der Waals surface area (Å²) >= 11 is 0. The van der Waals surface area contributed by atoms with Crippen LogP contribution in [0.3, 0.4) is 0 Å². The zero-order chi connectivity index (χ0) is 25.8. The van der Waals surface area contributed by atoms with E-state index in [0.29, 0.717) is 29.1 Å². The zero-order valence-corrected chi connectivity index (χ0v) is 21.3. The number of urea groups is 1. The molecule has 0 bridgehead atoms. The van der Waals surface area contributed by atoms with Crippen molar-refractivity contribution in [1.82, 2.24) is 20.4 Å². The highest BCUT2D eigenvalue weighted by atomic mass is 16.5. The summed E-state index contributed by atoms with van der Waals surface area (Å²) in [4.78, 5) is 25.6. The minimum absolute atomic E-state index is 0.305. The summed E-state index contributed by atoms with van der Waals surface area (Å²) in [5, 5.41) is 10.5. The molecule has 0 unspecified atom stereocenters. The van der Waals surface area contributed by atoms with Gasteiger partial charge < -0.3 is 20.1 Å². The predicted molar refractivity (Wildman–Crippen MR) is 138 cm³/mol. The van der Waals surface area contributed by atoms with Crippen LogP contribution in [0.2, 0.25) is 0 Å². The number of ether oxygens (including phenoxy) is 2. The molecule has 8 heteroatoms. The minimum Gasteiger partial charge on any atom is -0.493 e. The minimum atomic E-state index is -0.742. The fraction of sp³-hybridized carbons (Fsp3) is 0.321. The van der Waals surface area contributed by atoms with E-state index in [0.717, 1.165) is 29.0 Å². The molecular weight excluding hydrogens is 456 g/mol. The second-order valence-electron chi connectivity index (χ2n) is 9.07. The molecular formula is C28H32N4O4. The molecule has 2 amide bonds. The number of rotatable bonds is 8. The number of allylic oxidation sites excluding steroid dienone is 1. The van der Waals surface area contributed by atoms with Crippen molar-refractivity contribution in [3.8, 4) is 22.7 Å². The molecule has 4 rings (SSSR count). The van der Waals surface area contributed by atoms with Crippen LogP contribution in [-0.4, -0.2) is 34.5 Å². The van der Waals surface area contributed by atoms with Crippen LogP contribution in [-0.2, 0) is 9.53 Å². The molecule has 1 atom stereocenters. The van der Waals surface area contributed by atoms with Crippen LogP contribution in [0.1, 0.15) is 51.3 Å². The molecule has 1 aliphatic rings. The Morgan fingerprint density at radius 3 is 2.56 bits per heavy atom. The highest BCUT2D eigenvalue weighted by molar-refractivity contribution is 5.95. The standard InChI is InChI=1S/C28H32N4O4/c1-6-14-35-23-13-12-20(15-18(23)4)25-22(16-32(31-25)21-10-8-7-9-11-21)26-24(27(33)36-17(2)3)19(5)29-28(34)30-26/h7-13,15-17,26H,6,14H2,1-5H3,(H2,29,30,34)/t26-/m0/s1. The summed E-state index contributed by atoms with van der Waals surface area (Å²) in [5.74, 6) is 0.328. The Balaban J connectivity index is 1.86. The van der Waals surface area contributed by atoms with Gasteiger partial charge in [0.25, 0.3) is 0 Å². The fourth-order valence-electron chi connectivity index (χ4n) is 4.18. The van der Waals surface area contributed by atoms with Crippen molar-refractivity contribution in [2.24, 2.45) is 0 Å². The van der Waals surface area contributed by atoms with Crippen LogP contribution >= 0.6 is 0 Å². The van der Waals surface area contributed by atoms with E-state index >= 15 is 0 Å². The number of aryl methyl sites for hydroxylation is 1. The summed E-state index contributed by atoms with van der Waals surface area (Å²) in [6.07, 6.45) is 2.47. The van der Waals surface area contributed by atoms with Crippen LogP contribution in [0, 0.1) is 6.92 Å². The van der Waals surface area contributed by atoms with Gasteiger partial charge in [-0.05, 0) is 70.0 Å².